The van der Waals surface area contributed by atoms with Crippen LogP contribution in [0.3, 0.4) is 0 Å². The van der Waals surface area contributed by atoms with Crippen LogP contribution in [0.1, 0.15) is 37.3 Å². The molecular weight excluding hydrogens is 268 g/mol. The molecule has 1 atom stereocenters. The van der Waals surface area contributed by atoms with Crippen LogP contribution in [0.25, 0.3) is 0 Å². The Morgan fingerprint density at radius 2 is 2.00 bits per heavy atom. The van der Waals surface area contributed by atoms with Gasteiger partial charge in [-0.15, -0.1) is 0 Å². The number of amides is 2. The fourth-order valence-corrected chi connectivity index (χ4v) is 2.23. The monoisotopic (exact) mass is 292 g/mol. The number of hydrogen-bond donors (Lipinski definition) is 2. The van der Waals surface area contributed by atoms with Gasteiger partial charge < -0.3 is 10.4 Å². The van der Waals surface area contributed by atoms with Crippen molar-refractivity contribution in [2.24, 2.45) is 0 Å². The van der Waals surface area contributed by atoms with E-state index in [1.165, 1.54) is 0 Å². The first-order chi connectivity index (χ1) is 9.81. The van der Waals surface area contributed by atoms with Gasteiger partial charge in [-0.2, -0.15) is 0 Å². The third-order valence-electron chi connectivity index (χ3n) is 3.42. The van der Waals surface area contributed by atoms with E-state index in [9.17, 15) is 9.59 Å². The van der Waals surface area contributed by atoms with Crippen molar-refractivity contribution in [2.45, 2.75) is 46.1 Å². The zero-order valence-electron chi connectivity index (χ0n) is 13.1. The number of rotatable bonds is 6. The number of carbonyl (C=O) groups excluding carboxylic acids is 1. The van der Waals surface area contributed by atoms with E-state index >= 15 is 0 Å². The molecule has 5 heteroatoms. The molecule has 0 aliphatic carbocycles. The molecule has 1 aromatic carbocycles. The summed E-state index contributed by atoms with van der Waals surface area (Å²) in [6.45, 7) is 5.87. The van der Waals surface area contributed by atoms with Crippen LogP contribution in [0.5, 0.6) is 0 Å². The third-order valence-corrected chi connectivity index (χ3v) is 3.42. The van der Waals surface area contributed by atoms with Crippen molar-refractivity contribution in [3.63, 3.8) is 0 Å². The lowest BCUT2D eigenvalue weighted by Crippen LogP contribution is -2.42. The van der Waals surface area contributed by atoms with Gasteiger partial charge in [0.25, 0.3) is 0 Å². The standard InChI is InChI=1S/C16H24N2O3/c1-11-8-9-14(12(2)10-11)18(4)16(21)17-13(3)6-5-7-15(19)20/h8-10,13H,5-7H2,1-4H3,(H,17,21)(H,19,20). The lowest BCUT2D eigenvalue weighted by molar-refractivity contribution is -0.137. The highest BCUT2D eigenvalue weighted by Gasteiger charge is 2.15. The Hall–Kier alpha value is -2.04. The highest BCUT2D eigenvalue weighted by molar-refractivity contribution is 5.92. The van der Waals surface area contributed by atoms with Crippen LogP contribution in [-0.4, -0.2) is 30.2 Å². The number of hydrogen-bond acceptors (Lipinski definition) is 2. The van der Waals surface area contributed by atoms with E-state index in [0.29, 0.717) is 12.8 Å². The van der Waals surface area contributed by atoms with E-state index in [2.05, 4.69) is 5.32 Å². The van der Waals surface area contributed by atoms with Crippen molar-refractivity contribution >= 4 is 17.7 Å². The number of aryl methyl sites for hydroxylation is 2. The Bertz CT molecular complexity index is 514. The summed E-state index contributed by atoms with van der Waals surface area (Å²) in [4.78, 5) is 24.2. The second kappa shape index (κ2) is 7.67. The molecule has 21 heavy (non-hydrogen) atoms. The van der Waals surface area contributed by atoms with Gasteiger partial charge in [0, 0.05) is 25.2 Å². The van der Waals surface area contributed by atoms with Gasteiger partial charge in [-0.25, -0.2) is 4.79 Å². The molecule has 0 aliphatic heterocycles. The molecule has 0 radical (unpaired) electrons. The Kier molecular flexibility index (Phi) is 6.21. The van der Waals surface area contributed by atoms with Crippen LogP contribution in [0.2, 0.25) is 0 Å². The number of carbonyl (C=O) groups is 2. The smallest absolute Gasteiger partial charge is 0.321 e. The fraction of sp³-hybridized carbons (Fsp3) is 0.500. The molecule has 116 valence electrons. The van der Waals surface area contributed by atoms with Crippen LogP contribution in [-0.2, 0) is 4.79 Å². The third kappa shape index (κ3) is 5.45. The van der Waals surface area contributed by atoms with Crippen LogP contribution < -0.4 is 10.2 Å². The maximum Gasteiger partial charge on any atom is 0.321 e. The van der Waals surface area contributed by atoms with Crippen LogP contribution in [0.4, 0.5) is 10.5 Å². The molecule has 2 N–H and O–H groups in total. The SMILES string of the molecule is Cc1ccc(N(C)C(=O)NC(C)CCCC(=O)O)c(C)c1. The van der Waals surface area contributed by atoms with Gasteiger partial charge in [0.15, 0.2) is 0 Å². The average Bonchev–Trinajstić information content (AvgIpc) is 2.37. The minimum Gasteiger partial charge on any atom is -0.481 e. The minimum absolute atomic E-state index is 0.0509. The zero-order valence-corrected chi connectivity index (χ0v) is 13.1. The number of benzene rings is 1. The first-order valence-electron chi connectivity index (χ1n) is 7.14. The van der Waals surface area contributed by atoms with Gasteiger partial charge in [0.1, 0.15) is 0 Å². The summed E-state index contributed by atoms with van der Waals surface area (Å²) in [6, 6.07) is 5.71. The lowest BCUT2D eigenvalue weighted by atomic mass is 10.1. The van der Waals surface area contributed by atoms with Gasteiger partial charge in [0.2, 0.25) is 0 Å². The average molecular weight is 292 g/mol. The number of carboxylic acid groups (broad SMARTS) is 1. The molecule has 5 nitrogen and oxygen atoms in total. The van der Waals surface area contributed by atoms with Crippen molar-refractivity contribution in [2.75, 3.05) is 11.9 Å². The maximum absolute atomic E-state index is 12.2. The fourth-order valence-electron chi connectivity index (χ4n) is 2.23. The number of nitrogens with one attached hydrogen (secondary N) is 1. The summed E-state index contributed by atoms with van der Waals surface area (Å²) < 4.78 is 0. The summed E-state index contributed by atoms with van der Waals surface area (Å²) in [5.41, 5.74) is 3.08. The second-order valence-corrected chi connectivity index (χ2v) is 5.49. The highest BCUT2D eigenvalue weighted by Crippen LogP contribution is 2.20. The van der Waals surface area contributed by atoms with E-state index in [0.717, 1.165) is 16.8 Å². The Labute approximate surface area is 126 Å². The number of nitrogens with zero attached hydrogens (tertiary/aromatic N) is 1. The molecule has 2 amide bonds. The van der Waals surface area contributed by atoms with Crippen LogP contribution in [0.15, 0.2) is 18.2 Å². The molecule has 0 aromatic heterocycles. The van der Waals surface area contributed by atoms with Gasteiger partial charge in [0.05, 0.1) is 0 Å². The van der Waals surface area contributed by atoms with E-state index in [-0.39, 0.29) is 18.5 Å². The van der Waals surface area contributed by atoms with Gasteiger partial charge in [-0.05, 0) is 45.2 Å². The van der Waals surface area contributed by atoms with Crippen molar-refractivity contribution in [3.8, 4) is 0 Å². The summed E-state index contributed by atoms with van der Waals surface area (Å²) in [6.07, 6.45) is 1.34. The van der Waals surface area contributed by atoms with E-state index in [1.807, 2.05) is 39.0 Å². The van der Waals surface area contributed by atoms with Crippen molar-refractivity contribution in [3.05, 3.63) is 29.3 Å². The number of anilines is 1. The number of aliphatic carboxylic acids is 1. The van der Waals surface area contributed by atoms with Crippen molar-refractivity contribution in [1.29, 1.82) is 0 Å². The summed E-state index contributed by atoms with van der Waals surface area (Å²) in [5.74, 6) is -0.805. The van der Waals surface area contributed by atoms with Crippen LogP contribution in [0, 0.1) is 13.8 Å². The Morgan fingerprint density at radius 3 is 2.57 bits per heavy atom. The summed E-state index contributed by atoms with van der Waals surface area (Å²) >= 11 is 0. The molecule has 1 unspecified atom stereocenters. The molecule has 0 aliphatic rings. The topological polar surface area (TPSA) is 69.6 Å². The summed E-state index contributed by atoms with van der Waals surface area (Å²) in [5, 5.41) is 11.5. The van der Waals surface area contributed by atoms with E-state index in [4.69, 9.17) is 5.11 Å². The molecular formula is C16H24N2O3. The molecule has 1 aromatic rings. The number of carboxylic acids is 1. The first kappa shape index (κ1) is 17.0. The highest BCUT2D eigenvalue weighted by atomic mass is 16.4. The zero-order chi connectivity index (χ0) is 16.0. The second-order valence-electron chi connectivity index (χ2n) is 5.49. The van der Waals surface area contributed by atoms with Gasteiger partial charge >= 0.3 is 12.0 Å². The minimum atomic E-state index is -0.805. The molecule has 0 bridgehead atoms. The van der Waals surface area contributed by atoms with Gasteiger partial charge in [-0.3, -0.25) is 9.69 Å². The van der Waals surface area contributed by atoms with E-state index < -0.39 is 5.97 Å². The predicted molar refractivity (Wildman–Crippen MR) is 83.8 cm³/mol. The predicted octanol–water partition coefficient (Wildman–Crippen LogP) is 3.09. The number of urea groups is 1. The summed E-state index contributed by atoms with van der Waals surface area (Å²) in [7, 11) is 1.73. The first-order valence-corrected chi connectivity index (χ1v) is 7.14. The molecule has 0 saturated carbocycles. The Balaban J connectivity index is 2.56. The molecule has 0 saturated heterocycles. The van der Waals surface area contributed by atoms with Crippen LogP contribution >= 0.6 is 0 Å². The Morgan fingerprint density at radius 1 is 1.33 bits per heavy atom. The van der Waals surface area contributed by atoms with E-state index in [1.54, 1.807) is 11.9 Å². The largest absolute Gasteiger partial charge is 0.481 e. The maximum atomic E-state index is 12.2. The van der Waals surface area contributed by atoms with Crippen molar-refractivity contribution < 1.29 is 14.7 Å². The normalized spacial score (nSPS) is 11.8. The quantitative estimate of drug-likeness (QED) is 0.846. The molecule has 0 spiro atoms. The molecule has 1 rings (SSSR count). The van der Waals surface area contributed by atoms with Crippen molar-refractivity contribution in [1.82, 2.24) is 5.32 Å². The molecule has 0 fully saturated rings. The molecule has 0 heterocycles. The van der Waals surface area contributed by atoms with Gasteiger partial charge in [-0.1, -0.05) is 17.7 Å². The lowest BCUT2D eigenvalue weighted by Gasteiger charge is -2.23.